The Morgan fingerprint density at radius 2 is 1.83 bits per heavy atom. The van der Waals surface area contributed by atoms with Crippen molar-refractivity contribution in [3.05, 3.63) is 67.8 Å². The minimum Gasteiger partial charge on any atom is -0.406 e. The normalized spacial score (nSPS) is 11.7. The number of ether oxygens (including phenoxy) is 1. The van der Waals surface area contributed by atoms with Crippen molar-refractivity contribution in [3.63, 3.8) is 0 Å². The zero-order valence-electron chi connectivity index (χ0n) is 16.0. The van der Waals surface area contributed by atoms with E-state index in [9.17, 15) is 22.8 Å². The van der Waals surface area contributed by atoms with E-state index in [1.165, 1.54) is 43.0 Å². The Morgan fingerprint density at radius 1 is 1.17 bits per heavy atom. The van der Waals surface area contributed by atoms with Gasteiger partial charge < -0.3 is 9.72 Å². The molecule has 4 nitrogen and oxygen atoms in total. The van der Waals surface area contributed by atoms with Crippen LogP contribution in [0.1, 0.15) is 35.3 Å². The van der Waals surface area contributed by atoms with Crippen LogP contribution in [0.4, 0.5) is 13.2 Å². The van der Waals surface area contributed by atoms with Gasteiger partial charge in [0, 0.05) is 10.2 Å². The molecule has 0 unspecified atom stereocenters. The number of Topliss-reactive ketones (excluding diaryl/α,β-unsaturated/α-hetero) is 1. The first-order valence-corrected chi connectivity index (χ1v) is 10.7. The number of halogens is 4. The molecule has 2 aromatic carbocycles. The van der Waals surface area contributed by atoms with Crippen LogP contribution in [0.15, 0.2) is 50.7 Å². The first-order chi connectivity index (χ1) is 14.1. The predicted octanol–water partition coefficient (Wildman–Crippen LogP) is 6.25. The summed E-state index contributed by atoms with van der Waals surface area (Å²) in [6.45, 7) is 3.28. The molecule has 0 saturated heterocycles. The van der Waals surface area contributed by atoms with Crippen LogP contribution < -0.4 is 10.2 Å². The number of carbonyl (C=O) groups excluding carboxylic acids is 1. The molecule has 30 heavy (non-hydrogen) atoms. The number of pyridine rings is 1. The van der Waals surface area contributed by atoms with Crippen molar-refractivity contribution in [1.82, 2.24) is 4.98 Å². The lowest BCUT2D eigenvalue weighted by Crippen LogP contribution is -2.18. The van der Waals surface area contributed by atoms with Gasteiger partial charge >= 0.3 is 6.36 Å². The van der Waals surface area contributed by atoms with Crippen LogP contribution in [-0.2, 0) is 12.2 Å². The quantitative estimate of drug-likeness (QED) is 0.321. The van der Waals surface area contributed by atoms with Gasteiger partial charge in [-0.3, -0.25) is 9.59 Å². The summed E-state index contributed by atoms with van der Waals surface area (Å²) in [4.78, 5) is 28.5. The van der Waals surface area contributed by atoms with Crippen LogP contribution in [0.25, 0.3) is 10.9 Å². The summed E-state index contributed by atoms with van der Waals surface area (Å²) in [5, 5.41) is 0.902. The van der Waals surface area contributed by atoms with Crippen molar-refractivity contribution in [3.8, 4) is 5.75 Å². The molecule has 0 aliphatic heterocycles. The minimum absolute atomic E-state index is 0.0809. The van der Waals surface area contributed by atoms with Crippen molar-refractivity contribution in [2.24, 2.45) is 0 Å². The first-order valence-electron chi connectivity index (χ1n) is 8.96. The number of hydrogen-bond donors (Lipinski definition) is 1. The van der Waals surface area contributed by atoms with E-state index in [0.29, 0.717) is 38.1 Å². The van der Waals surface area contributed by atoms with Gasteiger partial charge in [-0.05, 0) is 58.6 Å². The van der Waals surface area contributed by atoms with Crippen molar-refractivity contribution >= 4 is 44.4 Å². The highest BCUT2D eigenvalue weighted by molar-refractivity contribution is 9.10. The van der Waals surface area contributed by atoms with Crippen LogP contribution in [0.3, 0.4) is 0 Å². The topological polar surface area (TPSA) is 59.2 Å². The molecule has 1 aromatic heterocycles. The third-order valence-corrected chi connectivity index (χ3v) is 6.17. The molecular formula is C21H17BrF3NO3S. The van der Waals surface area contributed by atoms with Gasteiger partial charge in [-0.25, -0.2) is 0 Å². The van der Waals surface area contributed by atoms with Crippen LogP contribution >= 0.6 is 27.7 Å². The smallest absolute Gasteiger partial charge is 0.406 e. The summed E-state index contributed by atoms with van der Waals surface area (Å²) in [6.07, 6.45) is -4.11. The molecule has 0 saturated carbocycles. The van der Waals surface area contributed by atoms with Gasteiger partial charge in [0.15, 0.2) is 5.78 Å². The summed E-state index contributed by atoms with van der Waals surface area (Å²) in [5.74, 6) is -0.313. The molecule has 0 aliphatic carbocycles. The Morgan fingerprint density at radius 3 is 2.40 bits per heavy atom. The molecule has 1 heterocycles. The molecule has 0 radical (unpaired) electrons. The lowest BCUT2D eigenvalue weighted by atomic mass is 10.0. The van der Waals surface area contributed by atoms with E-state index in [4.69, 9.17) is 0 Å². The lowest BCUT2D eigenvalue weighted by Gasteiger charge is -2.13. The number of ketones is 1. The maximum absolute atomic E-state index is 13.1. The first kappa shape index (κ1) is 22.4. The molecular weight excluding hydrogens is 483 g/mol. The van der Waals surface area contributed by atoms with E-state index in [2.05, 4.69) is 25.7 Å². The third kappa shape index (κ3) is 4.89. The second kappa shape index (κ2) is 8.85. The Kier molecular flexibility index (Phi) is 6.62. The Labute approximate surface area is 183 Å². The molecule has 0 aliphatic rings. The van der Waals surface area contributed by atoms with E-state index in [0.717, 1.165) is 5.56 Å². The van der Waals surface area contributed by atoms with Gasteiger partial charge in [0.05, 0.1) is 21.5 Å². The summed E-state index contributed by atoms with van der Waals surface area (Å²) in [6, 6.07) is 9.16. The zero-order valence-corrected chi connectivity index (χ0v) is 18.4. The number of H-pyrrole nitrogens is 1. The molecule has 0 fully saturated rings. The average molecular weight is 500 g/mol. The summed E-state index contributed by atoms with van der Waals surface area (Å²) < 4.78 is 41.4. The van der Waals surface area contributed by atoms with Crippen molar-refractivity contribution < 1.29 is 22.7 Å². The fourth-order valence-electron chi connectivity index (χ4n) is 3.07. The van der Waals surface area contributed by atoms with Gasteiger partial charge in [0.1, 0.15) is 5.75 Å². The van der Waals surface area contributed by atoms with E-state index >= 15 is 0 Å². The maximum atomic E-state index is 13.1. The molecule has 1 N–H and O–H groups in total. The Hall–Kier alpha value is -2.26. The number of rotatable bonds is 6. The van der Waals surface area contributed by atoms with Crippen LogP contribution in [0.2, 0.25) is 0 Å². The van der Waals surface area contributed by atoms with Gasteiger partial charge in [-0.15, -0.1) is 24.9 Å². The summed E-state index contributed by atoms with van der Waals surface area (Å²) >= 11 is 4.69. The highest BCUT2D eigenvalue weighted by Crippen LogP contribution is 2.31. The fourth-order valence-corrected chi connectivity index (χ4v) is 4.56. The third-order valence-electron chi connectivity index (χ3n) is 4.43. The number of carbonyl (C=O) groups is 1. The summed E-state index contributed by atoms with van der Waals surface area (Å²) in [7, 11) is 0. The number of fused-ring (bicyclic) bond motifs is 1. The zero-order chi connectivity index (χ0) is 22.1. The van der Waals surface area contributed by atoms with Crippen molar-refractivity contribution in [2.75, 3.05) is 0 Å². The number of benzene rings is 2. The molecule has 0 amide bonds. The number of nitrogens with one attached hydrogen (secondary N) is 1. The van der Waals surface area contributed by atoms with E-state index < -0.39 is 6.36 Å². The second-order valence-electron chi connectivity index (χ2n) is 6.50. The molecule has 158 valence electrons. The van der Waals surface area contributed by atoms with E-state index in [-0.39, 0.29) is 22.5 Å². The Balaban J connectivity index is 1.96. The van der Waals surface area contributed by atoms with Gasteiger partial charge in [0.2, 0.25) is 5.43 Å². The van der Waals surface area contributed by atoms with Crippen LogP contribution in [0, 0.1) is 0 Å². The number of alkyl halides is 3. The highest BCUT2D eigenvalue weighted by atomic mass is 79.9. The largest absolute Gasteiger partial charge is 0.573 e. The second-order valence-corrected chi connectivity index (χ2v) is 8.34. The maximum Gasteiger partial charge on any atom is 0.573 e. The monoisotopic (exact) mass is 499 g/mol. The molecule has 0 spiro atoms. The molecule has 3 rings (SSSR count). The SMILES string of the molecule is CCc1ccc(Br)c2[nH]c(SCc3ccc(OC(F)(F)F)cc3)c(C(C)=O)c(=O)c12. The standard InChI is InChI=1S/C21H17BrF3NO3S/c1-3-13-6-9-15(22)18-17(13)19(28)16(11(2)27)20(26-18)30-10-12-4-7-14(8-5-12)29-21(23,24)25/h4-9H,3,10H2,1-2H3,(H,26,28). The molecule has 9 heteroatoms. The molecule has 0 atom stereocenters. The van der Waals surface area contributed by atoms with Crippen LogP contribution in [0.5, 0.6) is 5.75 Å². The fraction of sp³-hybridized carbons (Fsp3) is 0.238. The Bertz CT molecular complexity index is 1160. The number of aromatic nitrogens is 1. The van der Waals surface area contributed by atoms with E-state index in [1.54, 1.807) is 0 Å². The van der Waals surface area contributed by atoms with Gasteiger partial charge in [-0.1, -0.05) is 25.1 Å². The number of thioether (sulfide) groups is 1. The van der Waals surface area contributed by atoms with Crippen molar-refractivity contribution in [1.29, 1.82) is 0 Å². The number of hydrogen-bond acceptors (Lipinski definition) is 4. The van der Waals surface area contributed by atoms with E-state index in [1.807, 2.05) is 19.1 Å². The summed E-state index contributed by atoms with van der Waals surface area (Å²) in [5.41, 5.74) is 1.92. The lowest BCUT2D eigenvalue weighted by molar-refractivity contribution is -0.274. The van der Waals surface area contributed by atoms with Gasteiger partial charge in [0.25, 0.3) is 0 Å². The highest BCUT2D eigenvalue weighted by Gasteiger charge is 2.31. The minimum atomic E-state index is -4.75. The molecule has 3 aromatic rings. The molecule has 0 bridgehead atoms. The van der Waals surface area contributed by atoms with Gasteiger partial charge in [-0.2, -0.15) is 0 Å². The average Bonchev–Trinajstić information content (AvgIpc) is 2.66. The predicted molar refractivity (Wildman–Crippen MR) is 114 cm³/mol. The van der Waals surface area contributed by atoms with Crippen LogP contribution in [-0.4, -0.2) is 17.1 Å². The number of aryl methyl sites for hydroxylation is 1. The van der Waals surface area contributed by atoms with Crippen molar-refractivity contribution in [2.45, 2.75) is 37.4 Å². The number of aromatic amines is 1.